The molecule has 0 aromatic carbocycles. The van der Waals surface area contributed by atoms with E-state index in [-0.39, 0.29) is 6.04 Å². The summed E-state index contributed by atoms with van der Waals surface area (Å²) in [5.74, 6) is 0.453. The minimum atomic E-state index is -0.915. The first kappa shape index (κ1) is 12.3. The Labute approximate surface area is 90.2 Å². The average molecular weight is 216 g/mol. The van der Waals surface area contributed by atoms with Crippen LogP contribution in [0.2, 0.25) is 0 Å². The Morgan fingerprint density at radius 1 is 1.73 bits per heavy atom. The van der Waals surface area contributed by atoms with E-state index in [2.05, 4.69) is 0 Å². The van der Waals surface area contributed by atoms with E-state index in [0.29, 0.717) is 12.5 Å². The van der Waals surface area contributed by atoms with Crippen molar-refractivity contribution in [1.82, 2.24) is 4.90 Å². The lowest BCUT2D eigenvalue weighted by molar-refractivity contribution is 0.0405. The second-order valence-corrected chi connectivity index (χ2v) is 4.10. The van der Waals surface area contributed by atoms with Crippen molar-refractivity contribution in [3.05, 3.63) is 0 Å². The van der Waals surface area contributed by atoms with Gasteiger partial charge in [-0.1, -0.05) is 0 Å². The van der Waals surface area contributed by atoms with Crippen LogP contribution in [0.1, 0.15) is 19.3 Å². The number of likely N-dealkylation sites (N-methyl/N-ethyl adjacent to an activating group) is 1. The van der Waals surface area contributed by atoms with Crippen molar-refractivity contribution in [3.63, 3.8) is 0 Å². The smallest absolute Gasteiger partial charge is 0.407 e. The number of ether oxygens (including phenoxy) is 1. The maximum Gasteiger partial charge on any atom is 0.407 e. The van der Waals surface area contributed by atoms with E-state index in [4.69, 9.17) is 15.6 Å². The first-order valence-electron chi connectivity index (χ1n) is 5.38. The van der Waals surface area contributed by atoms with Gasteiger partial charge in [-0.2, -0.15) is 0 Å². The molecule has 5 nitrogen and oxygen atoms in total. The molecule has 15 heavy (non-hydrogen) atoms. The van der Waals surface area contributed by atoms with Gasteiger partial charge in [0.25, 0.3) is 0 Å². The molecule has 1 fully saturated rings. The van der Waals surface area contributed by atoms with Crippen LogP contribution < -0.4 is 5.73 Å². The van der Waals surface area contributed by atoms with Gasteiger partial charge in [-0.25, -0.2) is 4.79 Å². The highest BCUT2D eigenvalue weighted by atomic mass is 16.5. The van der Waals surface area contributed by atoms with Crippen LogP contribution in [0.15, 0.2) is 0 Å². The molecule has 1 unspecified atom stereocenters. The van der Waals surface area contributed by atoms with Gasteiger partial charge in [0, 0.05) is 32.8 Å². The Kier molecular flexibility index (Phi) is 4.84. The first-order chi connectivity index (χ1) is 7.15. The Hall–Kier alpha value is -0.810. The highest BCUT2D eigenvalue weighted by Gasteiger charge is 2.23. The van der Waals surface area contributed by atoms with Crippen LogP contribution in [-0.2, 0) is 4.74 Å². The Morgan fingerprint density at radius 2 is 2.47 bits per heavy atom. The predicted octanol–water partition coefficient (Wildman–Crippen LogP) is 0.740. The third kappa shape index (κ3) is 3.68. The molecule has 1 amide bonds. The van der Waals surface area contributed by atoms with Crippen molar-refractivity contribution in [1.29, 1.82) is 0 Å². The average Bonchev–Trinajstić information content (AvgIpc) is 2.26. The minimum absolute atomic E-state index is 0.0887. The molecule has 0 aromatic rings. The maximum absolute atomic E-state index is 10.8. The fourth-order valence-corrected chi connectivity index (χ4v) is 1.95. The van der Waals surface area contributed by atoms with E-state index < -0.39 is 6.09 Å². The lowest BCUT2D eigenvalue weighted by atomic mass is 9.94. The van der Waals surface area contributed by atoms with Gasteiger partial charge < -0.3 is 20.5 Å². The molecule has 0 spiro atoms. The van der Waals surface area contributed by atoms with Crippen molar-refractivity contribution in [3.8, 4) is 0 Å². The van der Waals surface area contributed by atoms with Gasteiger partial charge in [-0.05, 0) is 25.2 Å². The van der Waals surface area contributed by atoms with Crippen molar-refractivity contribution >= 4 is 6.09 Å². The van der Waals surface area contributed by atoms with Gasteiger partial charge >= 0.3 is 6.09 Å². The maximum atomic E-state index is 10.8. The molecule has 0 radical (unpaired) electrons. The standard InChI is InChI=1S/C10H20N2O3/c1-12(10(13)14)9(6-11)5-8-3-2-4-15-7-8/h8-9H,2-7,11H2,1H3,(H,13,14)/t8-,9?/m1/s1. The van der Waals surface area contributed by atoms with Gasteiger partial charge in [-0.3, -0.25) is 0 Å². The molecular weight excluding hydrogens is 196 g/mol. The highest BCUT2D eigenvalue weighted by molar-refractivity contribution is 5.64. The molecule has 0 bridgehead atoms. The number of amides is 1. The van der Waals surface area contributed by atoms with E-state index in [9.17, 15) is 4.79 Å². The van der Waals surface area contributed by atoms with Gasteiger partial charge in [0.15, 0.2) is 0 Å². The predicted molar refractivity (Wildman–Crippen MR) is 56.8 cm³/mol. The molecule has 5 heteroatoms. The molecule has 3 N–H and O–H groups in total. The quantitative estimate of drug-likeness (QED) is 0.726. The summed E-state index contributed by atoms with van der Waals surface area (Å²) in [5, 5.41) is 8.85. The highest BCUT2D eigenvalue weighted by Crippen LogP contribution is 2.20. The molecule has 0 aromatic heterocycles. The van der Waals surface area contributed by atoms with Crippen LogP contribution in [0, 0.1) is 5.92 Å². The molecular formula is C10H20N2O3. The summed E-state index contributed by atoms with van der Waals surface area (Å²) in [4.78, 5) is 12.1. The van der Waals surface area contributed by atoms with Gasteiger partial charge in [0.1, 0.15) is 0 Å². The van der Waals surface area contributed by atoms with Crippen LogP contribution in [0.25, 0.3) is 0 Å². The number of carboxylic acid groups (broad SMARTS) is 1. The lowest BCUT2D eigenvalue weighted by Crippen LogP contribution is -2.43. The van der Waals surface area contributed by atoms with Crippen LogP contribution in [-0.4, -0.2) is 48.9 Å². The molecule has 1 heterocycles. The summed E-state index contributed by atoms with van der Waals surface area (Å²) >= 11 is 0. The van der Waals surface area contributed by atoms with Crippen LogP contribution in [0.5, 0.6) is 0 Å². The Bertz CT molecular complexity index is 205. The third-order valence-corrected chi connectivity index (χ3v) is 2.98. The van der Waals surface area contributed by atoms with E-state index >= 15 is 0 Å². The zero-order chi connectivity index (χ0) is 11.3. The SMILES string of the molecule is CN(C(=O)O)C(CN)C[C@H]1CCCOC1. The summed E-state index contributed by atoms with van der Waals surface area (Å²) in [6.07, 6.45) is 2.07. The number of nitrogens with two attached hydrogens (primary N) is 1. The van der Waals surface area contributed by atoms with E-state index in [1.54, 1.807) is 7.05 Å². The molecule has 0 saturated carbocycles. The molecule has 1 rings (SSSR count). The normalized spacial score (nSPS) is 23.5. The topological polar surface area (TPSA) is 75.8 Å². The number of rotatable bonds is 4. The van der Waals surface area contributed by atoms with Gasteiger partial charge in [0.05, 0.1) is 0 Å². The van der Waals surface area contributed by atoms with Crippen LogP contribution in [0.4, 0.5) is 4.79 Å². The monoisotopic (exact) mass is 216 g/mol. The molecule has 88 valence electrons. The van der Waals surface area contributed by atoms with E-state index in [1.807, 2.05) is 0 Å². The zero-order valence-corrected chi connectivity index (χ0v) is 9.19. The molecule has 0 aliphatic carbocycles. The van der Waals surface area contributed by atoms with E-state index in [0.717, 1.165) is 32.5 Å². The summed E-state index contributed by atoms with van der Waals surface area (Å²) in [7, 11) is 1.57. The molecule has 1 aliphatic heterocycles. The number of hydrogen-bond acceptors (Lipinski definition) is 3. The van der Waals surface area contributed by atoms with Crippen molar-refractivity contribution in [2.45, 2.75) is 25.3 Å². The number of nitrogens with zero attached hydrogens (tertiary/aromatic N) is 1. The van der Waals surface area contributed by atoms with Crippen molar-refractivity contribution in [2.75, 3.05) is 26.8 Å². The molecule has 1 aliphatic rings. The van der Waals surface area contributed by atoms with Gasteiger partial charge in [-0.15, -0.1) is 0 Å². The van der Waals surface area contributed by atoms with Crippen LogP contribution in [0.3, 0.4) is 0 Å². The Balaban J connectivity index is 2.41. The zero-order valence-electron chi connectivity index (χ0n) is 9.19. The second-order valence-electron chi connectivity index (χ2n) is 4.10. The molecule has 2 atom stereocenters. The number of hydrogen-bond donors (Lipinski definition) is 2. The van der Waals surface area contributed by atoms with Crippen LogP contribution >= 0.6 is 0 Å². The summed E-state index contributed by atoms with van der Waals surface area (Å²) in [6.45, 7) is 1.95. The van der Waals surface area contributed by atoms with Crippen molar-refractivity contribution < 1.29 is 14.6 Å². The fraction of sp³-hybridized carbons (Fsp3) is 0.900. The third-order valence-electron chi connectivity index (χ3n) is 2.98. The largest absolute Gasteiger partial charge is 0.465 e. The molecule has 1 saturated heterocycles. The Morgan fingerprint density at radius 3 is 2.93 bits per heavy atom. The summed E-state index contributed by atoms with van der Waals surface area (Å²) in [6, 6.07) is -0.0887. The first-order valence-corrected chi connectivity index (χ1v) is 5.38. The van der Waals surface area contributed by atoms with Gasteiger partial charge in [0.2, 0.25) is 0 Å². The summed E-state index contributed by atoms with van der Waals surface area (Å²) in [5.41, 5.74) is 5.58. The van der Waals surface area contributed by atoms with E-state index in [1.165, 1.54) is 4.90 Å². The number of carbonyl (C=O) groups is 1. The summed E-state index contributed by atoms with van der Waals surface area (Å²) < 4.78 is 5.36. The fourth-order valence-electron chi connectivity index (χ4n) is 1.95. The van der Waals surface area contributed by atoms with Crippen molar-refractivity contribution in [2.24, 2.45) is 11.7 Å². The lowest BCUT2D eigenvalue weighted by Gasteiger charge is -2.30. The second kappa shape index (κ2) is 5.92. The minimum Gasteiger partial charge on any atom is -0.465 e.